The van der Waals surface area contributed by atoms with Crippen LogP contribution in [-0.4, -0.2) is 51.9 Å². The Morgan fingerprint density at radius 1 is 0.946 bits per heavy atom. The summed E-state index contributed by atoms with van der Waals surface area (Å²) >= 11 is 0. The molecule has 2 aromatic heterocycles. The quantitative estimate of drug-likeness (QED) is 0.351. The van der Waals surface area contributed by atoms with Gasteiger partial charge in [0.05, 0.1) is 23.9 Å². The van der Waals surface area contributed by atoms with Gasteiger partial charge in [-0.2, -0.15) is 0 Å². The van der Waals surface area contributed by atoms with E-state index in [2.05, 4.69) is 24.0 Å². The highest BCUT2D eigenvalue weighted by Gasteiger charge is 2.30. The van der Waals surface area contributed by atoms with E-state index in [1.165, 1.54) is 7.11 Å². The number of pyridine rings is 1. The number of rotatable bonds is 5. The zero-order valence-electron chi connectivity index (χ0n) is 20.9. The number of aromatic nitrogens is 3. The van der Waals surface area contributed by atoms with Crippen molar-refractivity contribution in [2.24, 2.45) is 0 Å². The van der Waals surface area contributed by atoms with Crippen molar-refractivity contribution >= 4 is 11.9 Å². The molecular formula is C30H28N4O3. The standard InChI is InChI=1S/C30H28N4O3/c1-20-8-3-4-10-23(20)26-18-32-28(21-13-15-31-16-14-21)33-27(26)22-9-7-17-34(19-22)29(35)24-11-5-6-12-25(24)30(36)37-2/h3-6,8,10-16,18,22H,7,9,17,19H2,1-2H3/t22-/m1/s1. The molecule has 2 aromatic carbocycles. The molecule has 1 amide bonds. The molecule has 0 unspecified atom stereocenters. The zero-order valence-corrected chi connectivity index (χ0v) is 20.9. The minimum Gasteiger partial charge on any atom is -0.465 e. The lowest BCUT2D eigenvalue weighted by molar-refractivity contribution is 0.0586. The normalized spacial score (nSPS) is 15.3. The van der Waals surface area contributed by atoms with Gasteiger partial charge in [-0.3, -0.25) is 9.78 Å². The lowest BCUT2D eigenvalue weighted by atomic mass is 9.88. The van der Waals surface area contributed by atoms with E-state index in [-0.39, 0.29) is 17.4 Å². The topological polar surface area (TPSA) is 85.3 Å². The molecule has 3 heterocycles. The molecule has 0 N–H and O–H groups in total. The molecule has 0 radical (unpaired) electrons. The summed E-state index contributed by atoms with van der Waals surface area (Å²) in [5, 5.41) is 0. The summed E-state index contributed by atoms with van der Waals surface area (Å²) in [5.74, 6) is -0.0425. The number of nitrogens with zero attached hydrogens (tertiary/aromatic N) is 4. The van der Waals surface area contributed by atoms with Crippen LogP contribution < -0.4 is 0 Å². The molecule has 1 aliphatic rings. The van der Waals surface area contributed by atoms with E-state index < -0.39 is 5.97 Å². The summed E-state index contributed by atoms with van der Waals surface area (Å²) in [5.41, 5.74) is 5.65. The lowest BCUT2D eigenvalue weighted by Gasteiger charge is -2.34. The third-order valence-electron chi connectivity index (χ3n) is 6.85. The van der Waals surface area contributed by atoms with Crippen LogP contribution in [0.3, 0.4) is 0 Å². The van der Waals surface area contributed by atoms with E-state index in [0.29, 0.717) is 24.5 Å². The summed E-state index contributed by atoms with van der Waals surface area (Å²) < 4.78 is 4.90. The second-order valence-corrected chi connectivity index (χ2v) is 9.17. The van der Waals surface area contributed by atoms with E-state index in [4.69, 9.17) is 14.7 Å². The Labute approximate surface area is 216 Å². The maximum absolute atomic E-state index is 13.6. The maximum Gasteiger partial charge on any atom is 0.338 e. The summed E-state index contributed by atoms with van der Waals surface area (Å²) in [6.07, 6.45) is 7.08. The summed E-state index contributed by atoms with van der Waals surface area (Å²) in [4.78, 5) is 41.6. The number of hydrogen-bond donors (Lipinski definition) is 0. The number of piperidine rings is 1. The fourth-order valence-electron chi connectivity index (χ4n) is 4.94. The van der Waals surface area contributed by atoms with Crippen LogP contribution in [0.25, 0.3) is 22.5 Å². The highest BCUT2D eigenvalue weighted by Crippen LogP contribution is 2.36. The highest BCUT2D eigenvalue weighted by atomic mass is 16.5. The molecule has 7 heteroatoms. The van der Waals surface area contributed by atoms with Crippen LogP contribution >= 0.6 is 0 Å². The van der Waals surface area contributed by atoms with Crippen molar-refractivity contribution < 1.29 is 14.3 Å². The molecule has 1 aliphatic heterocycles. The molecule has 186 valence electrons. The molecule has 0 spiro atoms. The van der Waals surface area contributed by atoms with Gasteiger partial charge in [-0.25, -0.2) is 14.8 Å². The Bertz CT molecular complexity index is 1440. The van der Waals surface area contributed by atoms with Gasteiger partial charge in [0.1, 0.15) is 0 Å². The molecule has 1 fully saturated rings. The highest BCUT2D eigenvalue weighted by molar-refractivity contribution is 6.05. The Hall–Kier alpha value is -4.39. The average molecular weight is 493 g/mol. The largest absolute Gasteiger partial charge is 0.465 e. The molecule has 37 heavy (non-hydrogen) atoms. The van der Waals surface area contributed by atoms with Crippen molar-refractivity contribution in [2.75, 3.05) is 20.2 Å². The fraction of sp³-hybridized carbons (Fsp3) is 0.233. The Morgan fingerprint density at radius 3 is 2.43 bits per heavy atom. The maximum atomic E-state index is 13.6. The van der Waals surface area contributed by atoms with Crippen molar-refractivity contribution in [2.45, 2.75) is 25.7 Å². The first-order chi connectivity index (χ1) is 18.1. The van der Waals surface area contributed by atoms with Crippen LogP contribution in [0, 0.1) is 6.92 Å². The summed E-state index contributed by atoms with van der Waals surface area (Å²) in [7, 11) is 1.32. The molecule has 5 rings (SSSR count). The van der Waals surface area contributed by atoms with Crippen LogP contribution in [0.1, 0.15) is 50.7 Å². The minimum atomic E-state index is -0.517. The van der Waals surface area contributed by atoms with Gasteiger partial charge in [-0.1, -0.05) is 36.4 Å². The predicted molar refractivity (Wildman–Crippen MR) is 141 cm³/mol. The third kappa shape index (κ3) is 4.98. The molecule has 7 nitrogen and oxygen atoms in total. The van der Waals surface area contributed by atoms with Crippen molar-refractivity contribution in [3.63, 3.8) is 0 Å². The van der Waals surface area contributed by atoms with Crippen molar-refractivity contribution in [1.82, 2.24) is 19.9 Å². The smallest absolute Gasteiger partial charge is 0.338 e. The van der Waals surface area contributed by atoms with Crippen LogP contribution in [0.15, 0.2) is 79.3 Å². The van der Waals surface area contributed by atoms with Gasteiger partial charge in [0.15, 0.2) is 5.82 Å². The van der Waals surface area contributed by atoms with Gasteiger partial charge in [-0.15, -0.1) is 0 Å². The number of benzene rings is 2. The van der Waals surface area contributed by atoms with E-state index in [1.807, 2.05) is 35.4 Å². The summed E-state index contributed by atoms with van der Waals surface area (Å²) in [6.45, 7) is 3.20. The number of amides is 1. The van der Waals surface area contributed by atoms with Crippen molar-refractivity contribution in [3.8, 4) is 22.5 Å². The summed E-state index contributed by atoms with van der Waals surface area (Å²) in [6, 6.07) is 18.8. The first-order valence-electron chi connectivity index (χ1n) is 12.4. The average Bonchev–Trinajstić information content (AvgIpc) is 2.97. The molecule has 0 saturated carbocycles. The van der Waals surface area contributed by atoms with E-state index in [9.17, 15) is 9.59 Å². The van der Waals surface area contributed by atoms with E-state index >= 15 is 0 Å². The van der Waals surface area contributed by atoms with Gasteiger partial charge in [0, 0.05) is 48.7 Å². The van der Waals surface area contributed by atoms with Crippen LogP contribution in [0.4, 0.5) is 0 Å². The van der Waals surface area contributed by atoms with Crippen LogP contribution in [0.5, 0.6) is 0 Å². The monoisotopic (exact) mass is 492 g/mol. The zero-order chi connectivity index (χ0) is 25.8. The number of ether oxygens (including phenoxy) is 1. The number of esters is 1. The molecule has 0 aliphatic carbocycles. The number of likely N-dealkylation sites (tertiary alicyclic amines) is 1. The van der Waals surface area contributed by atoms with Gasteiger partial charge >= 0.3 is 5.97 Å². The fourth-order valence-corrected chi connectivity index (χ4v) is 4.94. The molecule has 1 atom stereocenters. The number of hydrogen-bond acceptors (Lipinski definition) is 6. The second kappa shape index (κ2) is 10.7. The minimum absolute atomic E-state index is 0.0150. The lowest BCUT2D eigenvalue weighted by Crippen LogP contribution is -2.40. The van der Waals surface area contributed by atoms with Crippen molar-refractivity contribution in [3.05, 3.63) is 102 Å². The second-order valence-electron chi connectivity index (χ2n) is 9.17. The van der Waals surface area contributed by atoms with Gasteiger partial charge in [-0.05, 0) is 55.2 Å². The first-order valence-corrected chi connectivity index (χ1v) is 12.4. The van der Waals surface area contributed by atoms with E-state index in [1.54, 1.807) is 36.7 Å². The van der Waals surface area contributed by atoms with Gasteiger partial charge in [0.25, 0.3) is 5.91 Å². The Morgan fingerprint density at radius 2 is 1.68 bits per heavy atom. The third-order valence-corrected chi connectivity index (χ3v) is 6.85. The van der Waals surface area contributed by atoms with Gasteiger partial charge < -0.3 is 9.64 Å². The SMILES string of the molecule is COC(=O)c1ccccc1C(=O)N1CCC[C@@H](c2nc(-c3ccncc3)ncc2-c2ccccc2C)C1. The van der Waals surface area contributed by atoms with Crippen LogP contribution in [-0.2, 0) is 4.74 Å². The Kier molecular flexibility index (Phi) is 7.03. The molecule has 1 saturated heterocycles. The molecule has 0 bridgehead atoms. The predicted octanol–water partition coefficient (Wildman–Crippen LogP) is 5.32. The number of aryl methyl sites for hydroxylation is 1. The number of carbonyl (C=O) groups is 2. The first kappa shape index (κ1) is 24.3. The molecular weight excluding hydrogens is 464 g/mol. The molecule has 4 aromatic rings. The number of methoxy groups -OCH3 is 1. The van der Waals surface area contributed by atoms with Gasteiger partial charge in [0.2, 0.25) is 0 Å². The number of carbonyl (C=O) groups excluding carboxylic acids is 2. The van der Waals surface area contributed by atoms with Crippen LogP contribution in [0.2, 0.25) is 0 Å². The Balaban J connectivity index is 1.53. The van der Waals surface area contributed by atoms with E-state index in [0.717, 1.165) is 40.8 Å². The van der Waals surface area contributed by atoms with Crippen molar-refractivity contribution in [1.29, 1.82) is 0 Å².